The van der Waals surface area contributed by atoms with E-state index in [1.807, 2.05) is 13.0 Å². The van der Waals surface area contributed by atoms with Crippen LogP contribution in [0, 0.1) is 0 Å². The summed E-state index contributed by atoms with van der Waals surface area (Å²) in [6, 6.07) is 5.42. The third-order valence-electron chi connectivity index (χ3n) is 3.52. The van der Waals surface area contributed by atoms with Gasteiger partial charge in [-0.1, -0.05) is 13.0 Å². The van der Waals surface area contributed by atoms with Crippen molar-refractivity contribution in [3.05, 3.63) is 29.8 Å². The first-order chi connectivity index (χ1) is 12.0. The molecule has 0 N–H and O–H groups in total. The highest BCUT2D eigenvalue weighted by Crippen LogP contribution is 2.27. The van der Waals surface area contributed by atoms with Crippen LogP contribution in [0.4, 0.5) is 0 Å². The molecule has 6 nitrogen and oxygen atoms in total. The zero-order chi connectivity index (χ0) is 18.7. The van der Waals surface area contributed by atoms with Gasteiger partial charge in [0.05, 0.1) is 27.2 Å². The van der Waals surface area contributed by atoms with Crippen molar-refractivity contribution in [1.29, 1.82) is 0 Å². The van der Waals surface area contributed by atoms with E-state index in [1.54, 1.807) is 44.3 Å². The molecule has 138 valence electrons. The number of hydrogen-bond donors (Lipinski definition) is 0. The average molecular weight is 349 g/mol. The number of hydrogen-bond acceptors (Lipinski definition) is 5. The molecular weight excluding hydrogens is 322 g/mol. The first-order valence-corrected chi connectivity index (χ1v) is 8.40. The van der Waals surface area contributed by atoms with Gasteiger partial charge in [-0.25, -0.2) is 0 Å². The molecule has 0 spiro atoms. The number of ether oxygens (including phenoxy) is 3. The Morgan fingerprint density at radius 2 is 1.80 bits per heavy atom. The Bertz CT molecular complexity index is 597. The van der Waals surface area contributed by atoms with Gasteiger partial charge in [0, 0.05) is 19.2 Å². The molecule has 1 rings (SSSR count). The molecule has 0 aromatic heterocycles. The van der Waals surface area contributed by atoms with Gasteiger partial charge in [-0.05, 0) is 37.1 Å². The maximum absolute atomic E-state index is 12.4. The van der Waals surface area contributed by atoms with Crippen LogP contribution < -0.4 is 9.47 Å². The maximum atomic E-state index is 12.4. The summed E-state index contributed by atoms with van der Waals surface area (Å²) in [6.07, 6.45) is 4.24. The second-order valence-electron chi connectivity index (χ2n) is 5.33. The van der Waals surface area contributed by atoms with Gasteiger partial charge in [0.2, 0.25) is 5.91 Å². The van der Waals surface area contributed by atoms with Crippen LogP contribution >= 0.6 is 0 Å². The minimum absolute atomic E-state index is 0.138. The van der Waals surface area contributed by atoms with Crippen LogP contribution in [0.15, 0.2) is 24.3 Å². The van der Waals surface area contributed by atoms with Crippen LogP contribution in [0.1, 0.15) is 32.3 Å². The van der Waals surface area contributed by atoms with Crippen molar-refractivity contribution < 1.29 is 23.8 Å². The van der Waals surface area contributed by atoms with Gasteiger partial charge in [0.25, 0.3) is 0 Å². The topological polar surface area (TPSA) is 65.1 Å². The van der Waals surface area contributed by atoms with Crippen molar-refractivity contribution in [2.24, 2.45) is 0 Å². The van der Waals surface area contributed by atoms with Gasteiger partial charge >= 0.3 is 5.97 Å². The SMILES string of the molecule is CCCN(CCC(=O)OCC)C(=O)/C=C/c1ccc(OC)c(OC)c1. The molecule has 0 unspecified atom stereocenters. The number of esters is 1. The predicted octanol–water partition coefficient (Wildman–Crippen LogP) is 2.91. The molecule has 1 amide bonds. The lowest BCUT2D eigenvalue weighted by atomic mass is 10.2. The largest absolute Gasteiger partial charge is 0.493 e. The summed E-state index contributed by atoms with van der Waals surface area (Å²) in [5.74, 6) is 0.805. The van der Waals surface area contributed by atoms with E-state index in [0.717, 1.165) is 12.0 Å². The van der Waals surface area contributed by atoms with E-state index in [0.29, 0.717) is 31.2 Å². The van der Waals surface area contributed by atoms with Crippen molar-refractivity contribution in [3.63, 3.8) is 0 Å². The normalized spacial score (nSPS) is 10.6. The van der Waals surface area contributed by atoms with Gasteiger partial charge in [-0.15, -0.1) is 0 Å². The summed E-state index contributed by atoms with van der Waals surface area (Å²) in [5, 5.41) is 0. The highest BCUT2D eigenvalue weighted by atomic mass is 16.5. The Morgan fingerprint density at radius 3 is 2.40 bits per heavy atom. The molecule has 25 heavy (non-hydrogen) atoms. The van der Waals surface area contributed by atoms with Crippen molar-refractivity contribution in [1.82, 2.24) is 4.90 Å². The monoisotopic (exact) mass is 349 g/mol. The number of nitrogens with zero attached hydrogens (tertiary/aromatic N) is 1. The molecule has 1 aromatic carbocycles. The summed E-state index contributed by atoms with van der Waals surface area (Å²) in [7, 11) is 3.14. The molecule has 0 saturated carbocycles. The zero-order valence-corrected chi connectivity index (χ0v) is 15.4. The van der Waals surface area contributed by atoms with E-state index >= 15 is 0 Å². The fraction of sp³-hybridized carbons (Fsp3) is 0.474. The molecule has 6 heteroatoms. The Hall–Kier alpha value is -2.50. The molecule has 0 aliphatic rings. The highest BCUT2D eigenvalue weighted by Gasteiger charge is 2.12. The van der Waals surface area contributed by atoms with Crippen molar-refractivity contribution in [3.8, 4) is 11.5 Å². The third kappa shape index (κ3) is 6.87. The molecule has 0 radical (unpaired) electrons. The van der Waals surface area contributed by atoms with Crippen molar-refractivity contribution >= 4 is 18.0 Å². The molecule has 1 aromatic rings. The fourth-order valence-electron chi connectivity index (χ4n) is 2.29. The standard InChI is InChI=1S/C19H27NO5/c1-5-12-20(13-11-19(22)25-6-2)18(21)10-8-15-7-9-16(23-3)17(14-15)24-4/h7-10,14H,5-6,11-13H2,1-4H3/b10-8+. The van der Waals surface area contributed by atoms with Gasteiger partial charge in [-0.3, -0.25) is 9.59 Å². The lowest BCUT2D eigenvalue weighted by Gasteiger charge is -2.20. The first kappa shape index (κ1) is 20.5. The van der Waals surface area contributed by atoms with Gasteiger partial charge in [0.15, 0.2) is 11.5 Å². The quantitative estimate of drug-likeness (QED) is 0.480. The van der Waals surface area contributed by atoms with Crippen LogP contribution in [0.2, 0.25) is 0 Å². The molecule has 0 saturated heterocycles. The number of carbonyl (C=O) groups excluding carboxylic acids is 2. The fourth-order valence-corrected chi connectivity index (χ4v) is 2.29. The van der Waals surface area contributed by atoms with Gasteiger partial charge in [-0.2, -0.15) is 0 Å². The highest BCUT2D eigenvalue weighted by molar-refractivity contribution is 5.92. The Morgan fingerprint density at radius 1 is 1.08 bits per heavy atom. The summed E-state index contributed by atoms with van der Waals surface area (Å²) in [5.41, 5.74) is 0.827. The molecule has 0 heterocycles. The Labute approximate surface area is 149 Å². The third-order valence-corrected chi connectivity index (χ3v) is 3.52. The van der Waals surface area contributed by atoms with E-state index in [9.17, 15) is 9.59 Å². The summed E-state index contributed by atoms with van der Waals surface area (Å²) >= 11 is 0. The van der Waals surface area contributed by atoms with Crippen LogP contribution in [0.25, 0.3) is 6.08 Å². The molecule has 0 fully saturated rings. The Kier molecular flexibility index (Phi) is 9.14. The van der Waals surface area contributed by atoms with E-state index in [4.69, 9.17) is 14.2 Å². The molecule has 0 bridgehead atoms. The molecule has 0 aliphatic heterocycles. The number of carbonyl (C=O) groups is 2. The maximum Gasteiger partial charge on any atom is 0.307 e. The lowest BCUT2D eigenvalue weighted by Crippen LogP contribution is -2.32. The Balaban J connectivity index is 2.75. The summed E-state index contributed by atoms with van der Waals surface area (Å²) in [4.78, 5) is 25.5. The van der Waals surface area contributed by atoms with Crippen molar-refractivity contribution in [2.75, 3.05) is 33.9 Å². The molecular formula is C19H27NO5. The second kappa shape index (κ2) is 11.1. The number of benzene rings is 1. The van der Waals surface area contributed by atoms with Crippen LogP contribution in [0.3, 0.4) is 0 Å². The second-order valence-corrected chi connectivity index (χ2v) is 5.33. The minimum Gasteiger partial charge on any atom is -0.493 e. The van der Waals surface area contributed by atoms with Gasteiger partial charge < -0.3 is 19.1 Å². The molecule has 0 atom stereocenters. The first-order valence-electron chi connectivity index (χ1n) is 8.40. The summed E-state index contributed by atoms with van der Waals surface area (Å²) in [6.45, 7) is 5.04. The minimum atomic E-state index is -0.291. The van der Waals surface area contributed by atoms with Crippen LogP contribution in [-0.4, -0.2) is 50.7 Å². The van der Waals surface area contributed by atoms with E-state index in [1.165, 1.54) is 6.08 Å². The average Bonchev–Trinajstić information content (AvgIpc) is 2.63. The van der Waals surface area contributed by atoms with E-state index in [2.05, 4.69) is 0 Å². The zero-order valence-electron chi connectivity index (χ0n) is 15.4. The van der Waals surface area contributed by atoms with E-state index < -0.39 is 0 Å². The number of methoxy groups -OCH3 is 2. The lowest BCUT2D eigenvalue weighted by molar-refractivity contribution is -0.143. The van der Waals surface area contributed by atoms with Gasteiger partial charge in [0.1, 0.15) is 0 Å². The number of amides is 1. The predicted molar refractivity (Wildman–Crippen MR) is 96.7 cm³/mol. The summed E-state index contributed by atoms with van der Waals surface area (Å²) < 4.78 is 15.4. The van der Waals surface area contributed by atoms with Crippen molar-refractivity contribution in [2.45, 2.75) is 26.7 Å². The molecule has 0 aliphatic carbocycles. The van der Waals surface area contributed by atoms with Crippen LogP contribution in [-0.2, 0) is 14.3 Å². The van der Waals surface area contributed by atoms with Crippen LogP contribution in [0.5, 0.6) is 11.5 Å². The number of rotatable bonds is 10. The smallest absolute Gasteiger partial charge is 0.307 e. The van der Waals surface area contributed by atoms with E-state index in [-0.39, 0.29) is 18.3 Å².